The number of hydrogen-bond acceptors (Lipinski definition) is 10. The first-order valence-electron chi connectivity index (χ1n) is 13.9. The zero-order chi connectivity index (χ0) is 27.6. The van der Waals surface area contributed by atoms with Crippen molar-refractivity contribution >= 4 is 58.2 Å². The fraction of sp³-hybridized carbons (Fsp3) is 0.692. The fourth-order valence-electron chi connectivity index (χ4n) is 6.48. The Morgan fingerprint density at radius 2 is 1.05 bits per heavy atom. The Labute approximate surface area is 254 Å². The molecule has 6 bridgehead atoms. The van der Waals surface area contributed by atoms with Crippen molar-refractivity contribution in [3.63, 3.8) is 0 Å². The van der Waals surface area contributed by atoms with Gasteiger partial charge in [0.1, 0.15) is 21.3 Å². The van der Waals surface area contributed by atoms with Gasteiger partial charge in [-0.15, -0.1) is 0 Å². The number of nitrogens with zero attached hydrogens (tertiary/aromatic N) is 6. The molecule has 6 unspecified atom stereocenters. The first-order chi connectivity index (χ1) is 19.4. The molecule has 6 atom stereocenters. The summed E-state index contributed by atoms with van der Waals surface area (Å²) < 4.78 is 16.7. The van der Waals surface area contributed by atoms with Crippen molar-refractivity contribution in [2.24, 2.45) is 0 Å². The summed E-state index contributed by atoms with van der Waals surface area (Å²) in [7, 11) is 0. The van der Waals surface area contributed by atoms with Crippen molar-refractivity contribution in [1.29, 1.82) is 0 Å². The second-order valence-electron chi connectivity index (χ2n) is 11.0. The predicted molar refractivity (Wildman–Crippen MR) is 155 cm³/mol. The molecule has 2 aromatic rings. The molecule has 8 heterocycles. The molecule has 0 aromatic carbocycles. The van der Waals surface area contributed by atoms with E-state index in [0.29, 0.717) is 41.4 Å². The Hall–Kier alpha value is -1.24. The number of morpholine rings is 3. The van der Waals surface area contributed by atoms with Gasteiger partial charge in [0.2, 0.25) is 11.2 Å². The lowest BCUT2D eigenvalue weighted by Gasteiger charge is -2.38. The zero-order valence-electron chi connectivity index (χ0n) is 22.0. The monoisotopic (exact) mass is 631 g/mol. The minimum Gasteiger partial charge on any atom is -0.378 e. The summed E-state index contributed by atoms with van der Waals surface area (Å²) in [4.78, 5) is 21.3. The molecule has 0 amide bonds. The third-order valence-corrected chi connectivity index (χ3v) is 9.01. The molecular formula is C26H33Cl4N7O3. The Kier molecular flexibility index (Phi) is 9.35. The Morgan fingerprint density at radius 3 is 1.55 bits per heavy atom. The van der Waals surface area contributed by atoms with Gasteiger partial charge in [0.15, 0.2) is 0 Å². The average molecular weight is 633 g/mol. The van der Waals surface area contributed by atoms with Crippen molar-refractivity contribution in [2.45, 2.75) is 74.8 Å². The molecule has 0 aliphatic carbocycles. The first-order valence-corrected chi connectivity index (χ1v) is 15.4. The Morgan fingerprint density at radius 1 is 0.575 bits per heavy atom. The topological polar surface area (TPSA) is 97.8 Å². The maximum atomic E-state index is 6.35. The molecule has 6 aliphatic rings. The van der Waals surface area contributed by atoms with Gasteiger partial charge in [0.05, 0.1) is 63.8 Å². The quantitative estimate of drug-likeness (QED) is 0.378. The van der Waals surface area contributed by atoms with Crippen LogP contribution in [0.5, 0.6) is 0 Å². The van der Waals surface area contributed by atoms with Crippen LogP contribution in [0.1, 0.15) is 38.5 Å². The summed E-state index contributed by atoms with van der Waals surface area (Å²) in [6.07, 6.45) is 7.29. The van der Waals surface area contributed by atoms with Crippen LogP contribution in [-0.4, -0.2) is 95.8 Å². The van der Waals surface area contributed by atoms with Gasteiger partial charge >= 0.3 is 0 Å². The Balaban J connectivity index is 0.000000139. The number of nitrogens with one attached hydrogen (secondary N) is 1. The minimum atomic E-state index is 0.0625. The van der Waals surface area contributed by atoms with Crippen molar-refractivity contribution in [3.8, 4) is 0 Å². The lowest BCUT2D eigenvalue weighted by atomic mass is 10.2. The molecule has 0 saturated carbocycles. The molecule has 10 nitrogen and oxygen atoms in total. The summed E-state index contributed by atoms with van der Waals surface area (Å²) in [6.45, 7) is 4.99. The standard InChI is InChI=1S/C16H21ClN4O2.C6H11NO.C4HCl3N2/c17-14-5-15(20-10-1-2-11(20)7-22-6-10)19-16(18-14)21-12-3-4-13(21)9-23-8-12;1-2-6-4-8-3-5(1)7-6;5-2-1-3(6)9-4(7)8-2/h5,10-13H,1-4,6-9H2;5-7H,1-4H2;1H. The fourth-order valence-corrected chi connectivity index (χ4v) is 7.35. The van der Waals surface area contributed by atoms with Crippen molar-refractivity contribution in [3.05, 3.63) is 32.9 Å². The molecule has 6 aliphatic heterocycles. The number of ether oxygens (including phenoxy) is 3. The summed E-state index contributed by atoms with van der Waals surface area (Å²) in [5.74, 6) is 1.73. The van der Waals surface area contributed by atoms with E-state index >= 15 is 0 Å². The summed E-state index contributed by atoms with van der Waals surface area (Å²) in [6, 6.07) is 6.33. The number of halogens is 4. The largest absolute Gasteiger partial charge is 0.378 e. The van der Waals surface area contributed by atoms with E-state index in [-0.39, 0.29) is 15.6 Å². The van der Waals surface area contributed by atoms with Gasteiger partial charge in [-0.3, -0.25) is 0 Å². The van der Waals surface area contributed by atoms with Crippen LogP contribution in [0.4, 0.5) is 11.8 Å². The van der Waals surface area contributed by atoms with Crippen LogP contribution in [0.15, 0.2) is 12.1 Å². The first kappa shape index (κ1) is 28.9. The normalized spacial score (nSPS) is 31.8. The van der Waals surface area contributed by atoms with E-state index in [4.69, 9.17) is 65.6 Å². The number of rotatable bonds is 2. The number of anilines is 2. The van der Waals surface area contributed by atoms with Gasteiger partial charge in [-0.1, -0.05) is 34.8 Å². The second-order valence-corrected chi connectivity index (χ2v) is 12.5. The van der Waals surface area contributed by atoms with E-state index in [1.54, 1.807) is 0 Å². The molecule has 40 heavy (non-hydrogen) atoms. The third kappa shape index (κ3) is 6.70. The van der Waals surface area contributed by atoms with Gasteiger partial charge in [0, 0.05) is 24.2 Å². The molecule has 2 aromatic heterocycles. The van der Waals surface area contributed by atoms with Gasteiger partial charge in [-0.2, -0.15) is 4.98 Å². The molecular weight excluding hydrogens is 600 g/mol. The molecule has 6 saturated heterocycles. The van der Waals surface area contributed by atoms with E-state index < -0.39 is 0 Å². The van der Waals surface area contributed by atoms with E-state index in [1.165, 1.54) is 31.7 Å². The van der Waals surface area contributed by atoms with Crippen LogP contribution in [0, 0.1) is 0 Å². The van der Waals surface area contributed by atoms with Crippen molar-refractivity contribution in [1.82, 2.24) is 25.3 Å². The summed E-state index contributed by atoms with van der Waals surface area (Å²) in [5.41, 5.74) is 0. The zero-order valence-corrected chi connectivity index (χ0v) is 25.0. The van der Waals surface area contributed by atoms with E-state index in [0.717, 1.165) is 64.2 Å². The van der Waals surface area contributed by atoms with Crippen molar-refractivity contribution < 1.29 is 14.2 Å². The van der Waals surface area contributed by atoms with E-state index in [2.05, 4.69) is 30.1 Å². The maximum absolute atomic E-state index is 6.35. The van der Waals surface area contributed by atoms with Crippen LogP contribution in [-0.2, 0) is 14.2 Å². The highest BCUT2D eigenvalue weighted by Gasteiger charge is 2.41. The Bertz CT molecular complexity index is 1040. The smallest absolute Gasteiger partial charge is 0.229 e. The molecule has 14 heteroatoms. The van der Waals surface area contributed by atoms with Gasteiger partial charge in [0.25, 0.3) is 0 Å². The second kappa shape index (κ2) is 13.0. The SMILES string of the molecule is C1CC2COCC1N2.Clc1cc(Cl)nc(Cl)n1.Clc1cc(N2C3CCC2COC3)nc(N2C3CCC2COC3)n1. The van der Waals surface area contributed by atoms with Gasteiger partial charge < -0.3 is 29.3 Å². The van der Waals surface area contributed by atoms with Crippen LogP contribution in [0.2, 0.25) is 20.7 Å². The number of hydrogen-bond donors (Lipinski definition) is 1. The average Bonchev–Trinajstić information content (AvgIpc) is 3.48. The lowest BCUT2D eigenvalue weighted by molar-refractivity contribution is 0.0728. The molecule has 0 spiro atoms. The summed E-state index contributed by atoms with van der Waals surface area (Å²) >= 11 is 22.6. The third-order valence-electron chi connectivity index (χ3n) is 8.26. The lowest BCUT2D eigenvalue weighted by Crippen LogP contribution is -2.48. The molecule has 218 valence electrons. The van der Waals surface area contributed by atoms with E-state index in [1.807, 2.05) is 6.07 Å². The summed E-state index contributed by atoms with van der Waals surface area (Å²) in [5, 5.41) is 4.56. The highest BCUT2D eigenvalue weighted by Crippen LogP contribution is 2.37. The number of fused-ring (bicyclic) bond motifs is 6. The molecule has 8 rings (SSSR count). The molecule has 1 N–H and O–H groups in total. The highest BCUT2D eigenvalue weighted by atomic mass is 35.5. The van der Waals surface area contributed by atoms with Crippen LogP contribution < -0.4 is 15.1 Å². The predicted octanol–water partition coefficient (Wildman–Crippen LogP) is 4.44. The maximum Gasteiger partial charge on any atom is 0.229 e. The van der Waals surface area contributed by atoms with Crippen LogP contribution >= 0.6 is 46.4 Å². The molecule has 6 fully saturated rings. The number of aromatic nitrogens is 4. The van der Waals surface area contributed by atoms with Crippen LogP contribution in [0.25, 0.3) is 0 Å². The minimum absolute atomic E-state index is 0.0625. The van der Waals surface area contributed by atoms with Gasteiger partial charge in [-0.25, -0.2) is 15.0 Å². The highest BCUT2D eigenvalue weighted by molar-refractivity contribution is 6.35. The van der Waals surface area contributed by atoms with Crippen molar-refractivity contribution in [2.75, 3.05) is 49.4 Å². The van der Waals surface area contributed by atoms with E-state index in [9.17, 15) is 0 Å². The van der Waals surface area contributed by atoms with Gasteiger partial charge in [-0.05, 0) is 50.1 Å². The van der Waals surface area contributed by atoms with Crippen LogP contribution in [0.3, 0.4) is 0 Å². The molecule has 0 radical (unpaired) electrons.